The molecular weight excluding hydrogens is 559 g/mol. The van der Waals surface area contributed by atoms with Crippen LogP contribution in [0.5, 0.6) is 0 Å². The molecule has 0 aromatic carbocycles. The molecule has 4 heteroatoms. The summed E-state index contributed by atoms with van der Waals surface area (Å²) in [6, 6.07) is 0. The van der Waals surface area contributed by atoms with Crippen molar-refractivity contribution in [2.75, 3.05) is 6.61 Å². The van der Waals surface area contributed by atoms with Gasteiger partial charge in [-0.3, -0.25) is 4.79 Å². The SMILES string of the molecule is CCCCCCCCCCCCCCCCCCCCCCCCCCCCOC(=O)C(Cl)CCC(CC)CC(C)Cl. The van der Waals surface area contributed by atoms with Gasteiger partial charge in [-0.05, 0) is 38.5 Å². The van der Waals surface area contributed by atoms with Crippen LogP contribution in [0.15, 0.2) is 0 Å². The lowest BCUT2D eigenvalue weighted by Gasteiger charge is -2.17. The fourth-order valence-corrected chi connectivity index (χ4v) is 6.57. The molecule has 0 aromatic heterocycles. The maximum Gasteiger partial charge on any atom is 0.324 e. The summed E-state index contributed by atoms with van der Waals surface area (Å²) in [5, 5.41) is -0.345. The largest absolute Gasteiger partial charge is 0.465 e. The van der Waals surface area contributed by atoms with E-state index < -0.39 is 5.38 Å². The van der Waals surface area contributed by atoms with Crippen LogP contribution < -0.4 is 0 Å². The van der Waals surface area contributed by atoms with Crippen LogP contribution in [0.1, 0.15) is 213 Å². The van der Waals surface area contributed by atoms with Crippen molar-refractivity contribution in [3.05, 3.63) is 0 Å². The molecule has 0 heterocycles. The highest BCUT2D eigenvalue weighted by Gasteiger charge is 2.19. The van der Waals surface area contributed by atoms with Crippen LogP contribution in [0.4, 0.5) is 0 Å². The van der Waals surface area contributed by atoms with Crippen LogP contribution in [0.3, 0.4) is 0 Å². The van der Waals surface area contributed by atoms with E-state index in [4.69, 9.17) is 27.9 Å². The lowest BCUT2D eigenvalue weighted by Crippen LogP contribution is -2.20. The molecule has 0 fully saturated rings. The quantitative estimate of drug-likeness (QED) is 0.0400. The van der Waals surface area contributed by atoms with E-state index in [1.807, 2.05) is 6.92 Å². The smallest absolute Gasteiger partial charge is 0.324 e. The number of carbonyl (C=O) groups is 1. The van der Waals surface area contributed by atoms with Crippen molar-refractivity contribution < 1.29 is 9.53 Å². The van der Waals surface area contributed by atoms with Gasteiger partial charge in [0.2, 0.25) is 0 Å². The van der Waals surface area contributed by atoms with Gasteiger partial charge in [0.15, 0.2) is 0 Å². The molecular formula is C38H74Cl2O2. The van der Waals surface area contributed by atoms with E-state index in [0.717, 1.165) is 32.1 Å². The molecule has 0 rings (SSSR count). The third-order valence-corrected chi connectivity index (χ3v) is 9.64. The number of rotatable bonds is 34. The third-order valence-electron chi connectivity index (χ3n) is 9.06. The van der Waals surface area contributed by atoms with Gasteiger partial charge in [-0.1, -0.05) is 181 Å². The first-order valence-electron chi connectivity index (χ1n) is 19.0. The molecule has 0 bridgehead atoms. The molecule has 3 atom stereocenters. The summed E-state index contributed by atoms with van der Waals surface area (Å²) in [7, 11) is 0. The second-order valence-corrected chi connectivity index (χ2v) is 14.6. The standard InChI is InChI=1S/C38H74Cl2O2/c1-4-6-7-8-9-10-11-12-13-14-15-16-17-18-19-20-21-22-23-24-25-26-27-28-29-30-33-42-38(41)37(40)32-31-36(5-2)34-35(3)39/h35-37H,4-34H2,1-3H3. The number of ether oxygens (including phenoxy) is 1. The van der Waals surface area contributed by atoms with Crippen molar-refractivity contribution in [1.29, 1.82) is 0 Å². The number of halogens is 2. The average molecular weight is 634 g/mol. The number of unbranched alkanes of at least 4 members (excludes halogenated alkanes) is 25. The fourth-order valence-electron chi connectivity index (χ4n) is 6.13. The topological polar surface area (TPSA) is 26.3 Å². The monoisotopic (exact) mass is 633 g/mol. The zero-order valence-corrected chi connectivity index (χ0v) is 30.2. The zero-order chi connectivity index (χ0) is 30.9. The van der Waals surface area contributed by atoms with Gasteiger partial charge in [0.1, 0.15) is 5.38 Å². The second kappa shape index (κ2) is 33.9. The molecule has 2 nitrogen and oxygen atoms in total. The summed E-state index contributed by atoms with van der Waals surface area (Å²) in [5.74, 6) is 0.292. The minimum absolute atomic E-state index is 0.175. The van der Waals surface area contributed by atoms with E-state index in [0.29, 0.717) is 18.9 Å². The van der Waals surface area contributed by atoms with E-state index in [1.54, 1.807) is 0 Å². The van der Waals surface area contributed by atoms with E-state index in [9.17, 15) is 4.79 Å². The van der Waals surface area contributed by atoms with Crippen molar-refractivity contribution in [1.82, 2.24) is 0 Å². The normalized spacial score (nSPS) is 13.7. The highest BCUT2D eigenvalue weighted by molar-refractivity contribution is 6.29. The van der Waals surface area contributed by atoms with Crippen molar-refractivity contribution in [2.45, 2.75) is 224 Å². The Labute approximate surface area is 274 Å². The number of hydrogen-bond donors (Lipinski definition) is 0. The molecule has 0 aliphatic carbocycles. The predicted molar refractivity (Wildman–Crippen MR) is 189 cm³/mol. The van der Waals surface area contributed by atoms with Crippen LogP contribution in [0.2, 0.25) is 0 Å². The van der Waals surface area contributed by atoms with Gasteiger partial charge >= 0.3 is 5.97 Å². The van der Waals surface area contributed by atoms with Gasteiger partial charge in [-0.25, -0.2) is 0 Å². The van der Waals surface area contributed by atoms with Crippen molar-refractivity contribution in [2.24, 2.45) is 5.92 Å². The van der Waals surface area contributed by atoms with Gasteiger partial charge in [0.25, 0.3) is 0 Å². The Kier molecular flexibility index (Phi) is 34.0. The molecule has 0 aromatic rings. The van der Waals surface area contributed by atoms with Crippen LogP contribution >= 0.6 is 23.2 Å². The fraction of sp³-hybridized carbons (Fsp3) is 0.974. The van der Waals surface area contributed by atoms with E-state index >= 15 is 0 Å². The summed E-state index contributed by atoms with van der Waals surface area (Å²) in [6.07, 6.45) is 40.0. The molecule has 42 heavy (non-hydrogen) atoms. The van der Waals surface area contributed by atoms with Gasteiger partial charge in [0, 0.05) is 5.38 Å². The van der Waals surface area contributed by atoms with Gasteiger partial charge in [-0.2, -0.15) is 0 Å². The van der Waals surface area contributed by atoms with Crippen LogP contribution in [-0.2, 0) is 9.53 Å². The van der Waals surface area contributed by atoms with E-state index in [1.165, 1.54) is 154 Å². The second-order valence-electron chi connectivity index (χ2n) is 13.3. The molecule has 0 aliphatic heterocycles. The molecule has 0 amide bonds. The highest BCUT2D eigenvalue weighted by Crippen LogP contribution is 2.23. The Balaban J connectivity index is 3.26. The summed E-state index contributed by atoms with van der Waals surface area (Å²) in [4.78, 5) is 12.1. The molecule has 252 valence electrons. The summed E-state index contributed by atoms with van der Waals surface area (Å²) >= 11 is 12.4. The molecule has 0 aliphatic rings. The molecule has 3 unspecified atom stereocenters. The lowest BCUT2D eigenvalue weighted by atomic mass is 9.94. The Morgan fingerprint density at radius 2 is 0.857 bits per heavy atom. The van der Waals surface area contributed by atoms with Crippen molar-refractivity contribution in [3.63, 3.8) is 0 Å². The highest BCUT2D eigenvalue weighted by atomic mass is 35.5. The number of carbonyl (C=O) groups excluding carboxylic acids is 1. The maximum atomic E-state index is 12.1. The Hall–Kier alpha value is 0.0500. The Morgan fingerprint density at radius 3 is 1.17 bits per heavy atom. The number of hydrogen-bond acceptors (Lipinski definition) is 2. The third kappa shape index (κ3) is 31.5. The van der Waals surface area contributed by atoms with Crippen molar-refractivity contribution in [3.8, 4) is 0 Å². The summed E-state index contributed by atoms with van der Waals surface area (Å²) in [6.45, 7) is 7.01. The molecule has 0 N–H and O–H groups in total. The minimum atomic E-state index is -0.520. The average Bonchev–Trinajstić information content (AvgIpc) is 2.98. The first kappa shape index (κ1) is 42.0. The van der Waals surface area contributed by atoms with E-state index in [-0.39, 0.29) is 11.3 Å². The summed E-state index contributed by atoms with van der Waals surface area (Å²) < 4.78 is 5.41. The molecule has 0 saturated carbocycles. The molecule has 0 saturated heterocycles. The first-order valence-corrected chi connectivity index (χ1v) is 19.8. The van der Waals surface area contributed by atoms with E-state index in [2.05, 4.69) is 13.8 Å². The van der Waals surface area contributed by atoms with Crippen molar-refractivity contribution >= 4 is 29.2 Å². The van der Waals surface area contributed by atoms with Gasteiger partial charge in [0.05, 0.1) is 6.61 Å². The van der Waals surface area contributed by atoms with Crippen LogP contribution in [0.25, 0.3) is 0 Å². The predicted octanol–water partition coefficient (Wildman–Crippen LogP) is 14.1. The Bertz CT molecular complexity index is 539. The zero-order valence-electron chi connectivity index (χ0n) is 28.7. The number of esters is 1. The van der Waals surface area contributed by atoms with Gasteiger partial charge in [-0.15, -0.1) is 23.2 Å². The van der Waals surface area contributed by atoms with Gasteiger partial charge < -0.3 is 4.74 Å². The number of alkyl halides is 2. The maximum absolute atomic E-state index is 12.1. The summed E-state index contributed by atoms with van der Waals surface area (Å²) in [5.41, 5.74) is 0. The van der Waals surface area contributed by atoms with Crippen LogP contribution in [0, 0.1) is 5.92 Å². The molecule has 0 spiro atoms. The molecule has 0 radical (unpaired) electrons. The Morgan fingerprint density at radius 1 is 0.524 bits per heavy atom. The lowest BCUT2D eigenvalue weighted by molar-refractivity contribution is -0.143. The minimum Gasteiger partial charge on any atom is -0.465 e. The first-order chi connectivity index (χ1) is 20.5. The van der Waals surface area contributed by atoms with Crippen LogP contribution in [-0.4, -0.2) is 23.3 Å².